The average Bonchev–Trinajstić information content (AvgIpc) is 3.46. The molecule has 7 nitrogen and oxygen atoms in total. The molecule has 30 heavy (non-hydrogen) atoms. The molecule has 3 aromatic rings. The van der Waals surface area contributed by atoms with Crippen molar-refractivity contribution in [1.82, 2.24) is 9.29 Å². The quantitative estimate of drug-likeness (QED) is 0.599. The zero-order valence-corrected chi connectivity index (χ0v) is 18.7. The Morgan fingerprint density at radius 3 is 2.73 bits per heavy atom. The summed E-state index contributed by atoms with van der Waals surface area (Å²) in [6, 6.07) is 10.2. The van der Waals surface area contributed by atoms with Crippen LogP contribution >= 0.6 is 22.7 Å². The van der Waals surface area contributed by atoms with Gasteiger partial charge in [-0.25, -0.2) is 13.4 Å². The zero-order valence-electron chi connectivity index (χ0n) is 16.3. The number of carbonyl (C=O) groups excluding carboxylic acids is 1. The number of hydrogen-bond acceptors (Lipinski definition) is 7. The highest BCUT2D eigenvalue weighted by molar-refractivity contribution is 7.89. The topological polar surface area (TPSA) is 88.6 Å². The smallest absolute Gasteiger partial charge is 0.243 e. The molecule has 0 bridgehead atoms. The highest BCUT2D eigenvalue weighted by Crippen LogP contribution is 2.30. The largest absolute Gasteiger partial charge is 0.497 e. The molecule has 0 radical (unpaired) electrons. The summed E-state index contributed by atoms with van der Waals surface area (Å²) in [5.41, 5.74) is 0.831. The number of rotatable bonds is 6. The molecule has 0 spiro atoms. The molecular formula is C20H21N3O4S3. The standard InChI is InChI=1S/C20H21N3O4S3/c1-27-15-6-8-16(9-7-15)30(25,26)23-10-2-4-14(12-23)19(24)22-20-21-17(13-29-20)18-5-3-11-28-18/h3,5-9,11,13-14H,2,4,10,12H2,1H3,(H,21,22,24)/t14-/m1/s1. The number of nitrogens with one attached hydrogen (secondary N) is 1. The van der Waals surface area contributed by atoms with E-state index in [9.17, 15) is 13.2 Å². The van der Waals surface area contributed by atoms with E-state index in [0.717, 1.165) is 10.6 Å². The van der Waals surface area contributed by atoms with Crippen molar-refractivity contribution in [2.75, 3.05) is 25.5 Å². The summed E-state index contributed by atoms with van der Waals surface area (Å²) in [6.07, 6.45) is 1.27. The number of hydrogen-bond donors (Lipinski definition) is 1. The summed E-state index contributed by atoms with van der Waals surface area (Å²) >= 11 is 2.96. The summed E-state index contributed by atoms with van der Waals surface area (Å²) in [4.78, 5) is 18.5. The van der Waals surface area contributed by atoms with E-state index < -0.39 is 15.9 Å². The van der Waals surface area contributed by atoms with Crippen molar-refractivity contribution >= 4 is 43.7 Å². The van der Waals surface area contributed by atoms with E-state index in [4.69, 9.17) is 4.74 Å². The van der Waals surface area contributed by atoms with E-state index >= 15 is 0 Å². The Morgan fingerprint density at radius 1 is 1.23 bits per heavy atom. The van der Waals surface area contributed by atoms with Crippen molar-refractivity contribution in [2.24, 2.45) is 5.92 Å². The van der Waals surface area contributed by atoms with Crippen LogP contribution in [-0.4, -0.2) is 43.8 Å². The molecule has 2 aromatic heterocycles. The maximum atomic E-state index is 13.0. The molecule has 0 unspecified atom stereocenters. The molecule has 0 aliphatic carbocycles. The van der Waals surface area contributed by atoms with Gasteiger partial charge in [0.15, 0.2) is 5.13 Å². The van der Waals surface area contributed by atoms with Crippen LogP contribution in [0.5, 0.6) is 5.75 Å². The number of benzene rings is 1. The molecule has 1 N–H and O–H groups in total. The monoisotopic (exact) mass is 463 g/mol. The first kappa shape index (κ1) is 21.0. The third-order valence-corrected chi connectivity index (χ3v) is 8.49. The number of thiophene rings is 1. The molecule has 3 heterocycles. The fourth-order valence-corrected chi connectivity index (χ4v) is 6.35. The van der Waals surface area contributed by atoms with Gasteiger partial charge in [0.05, 0.1) is 28.5 Å². The van der Waals surface area contributed by atoms with E-state index in [-0.39, 0.29) is 17.3 Å². The van der Waals surface area contributed by atoms with Gasteiger partial charge in [-0.2, -0.15) is 4.31 Å². The van der Waals surface area contributed by atoms with Crippen LogP contribution in [0.3, 0.4) is 0 Å². The third-order valence-electron chi connectivity index (χ3n) is 4.96. The molecule has 1 saturated heterocycles. The van der Waals surface area contributed by atoms with Crippen molar-refractivity contribution < 1.29 is 17.9 Å². The van der Waals surface area contributed by atoms with Crippen LogP contribution in [0, 0.1) is 5.92 Å². The SMILES string of the molecule is COc1ccc(S(=O)(=O)N2CCC[C@@H](C(=O)Nc3nc(-c4cccs4)cs3)C2)cc1. The Hall–Kier alpha value is -2.27. The predicted octanol–water partition coefficient (Wildman–Crippen LogP) is 3.92. The molecule has 4 rings (SSSR count). The van der Waals surface area contributed by atoms with Gasteiger partial charge in [0, 0.05) is 18.5 Å². The number of amides is 1. The van der Waals surface area contributed by atoms with Gasteiger partial charge < -0.3 is 10.1 Å². The Balaban J connectivity index is 1.43. The summed E-state index contributed by atoms with van der Waals surface area (Å²) in [6.45, 7) is 0.557. The maximum Gasteiger partial charge on any atom is 0.243 e. The average molecular weight is 464 g/mol. The molecule has 1 aliphatic rings. The van der Waals surface area contributed by atoms with Crippen LogP contribution < -0.4 is 10.1 Å². The third kappa shape index (κ3) is 4.41. The molecule has 1 aliphatic heterocycles. The van der Waals surface area contributed by atoms with Crippen molar-refractivity contribution in [3.05, 3.63) is 47.2 Å². The van der Waals surface area contributed by atoms with Crippen LogP contribution in [-0.2, 0) is 14.8 Å². The molecule has 158 valence electrons. The van der Waals surface area contributed by atoms with E-state index in [1.165, 1.54) is 34.9 Å². The number of anilines is 1. The molecule has 0 saturated carbocycles. The number of thiazole rings is 1. The highest BCUT2D eigenvalue weighted by Gasteiger charge is 2.33. The lowest BCUT2D eigenvalue weighted by Gasteiger charge is -2.31. The molecule has 1 fully saturated rings. The fraction of sp³-hybridized carbons (Fsp3) is 0.300. The minimum atomic E-state index is -3.67. The summed E-state index contributed by atoms with van der Waals surface area (Å²) in [5.74, 6) is -0.0206. The van der Waals surface area contributed by atoms with E-state index in [1.54, 1.807) is 23.5 Å². The number of carbonyl (C=O) groups is 1. The lowest BCUT2D eigenvalue weighted by molar-refractivity contribution is -0.120. The van der Waals surface area contributed by atoms with Crippen LogP contribution in [0.2, 0.25) is 0 Å². The number of aromatic nitrogens is 1. The molecule has 1 amide bonds. The van der Waals surface area contributed by atoms with Crippen molar-refractivity contribution in [3.8, 4) is 16.3 Å². The second-order valence-corrected chi connectivity index (χ2v) is 10.6. The second kappa shape index (κ2) is 8.84. The first-order valence-corrected chi connectivity index (χ1v) is 12.6. The summed E-state index contributed by atoms with van der Waals surface area (Å²) in [7, 11) is -2.13. The molecule has 1 atom stereocenters. The number of piperidine rings is 1. The lowest BCUT2D eigenvalue weighted by atomic mass is 9.99. The number of ether oxygens (including phenoxy) is 1. The maximum absolute atomic E-state index is 13.0. The van der Waals surface area contributed by atoms with Crippen LogP contribution in [0.4, 0.5) is 5.13 Å². The predicted molar refractivity (Wildman–Crippen MR) is 119 cm³/mol. The number of methoxy groups -OCH3 is 1. The van der Waals surface area contributed by atoms with Gasteiger partial charge in [-0.15, -0.1) is 22.7 Å². The van der Waals surface area contributed by atoms with Crippen molar-refractivity contribution in [2.45, 2.75) is 17.7 Å². The lowest BCUT2D eigenvalue weighted by Crippen LogP contribution is -2.43. The van der Waals surface area contributed by atoms with Gasteiger partial charge >= 0.3 is 0 Å². The summed E-state index contributed by atoms with van der Waals surface area (Å²) in [5, 5.41) is 7.27. The first-order chi connectivity index (χ1) is 14.5. The van der Waals surface area contributed by atoms with Gasteiger partial charge in [-0.1, -0.05) is 6.07 Å². The van der Waals surface area contributed by atoms with Gasteiger partial charge in [0.25, 0.3) is 0 Å². The Bertz CT molecular complexity index is 1110. The highest BCUT2D eigenvalue weighted by atomic mass is 32.2. The summed E-state index contributed by atoms with van der Waals surface area (Å²) < 4.78 is 32.5. The van der Waals surface area contributed by atoms with Crippen LogP contribution in [0.25, 0.3) is 10.6 Å². The minimum Gasteiger partial charge on any atom is -0.497 e. The second-order valence-electron chi connectivity index (χ2n) is 6.88. The Labute approximate surface area is 183 Å². The first-order valence-electron chi connectivity index (χ1n) is 9.42. The number of nitrogens with zero attached hydrogens (tertiary/aromatic N) is 2. The van der Waals surface area contributed by atoms with Gasteiger partial charge in [0.1, 0.15) is 5.75 Å². The van der Waals surface area contributed by atoms with E-state index in [1.807, 2.05) is 22.9 Å². The number of sulfonamides is 1. The van der Waals surface area contributed by atoms with Crippen LogP contribution in [0.15, 0.2) is 52.1 Å². The Kier molecular flexibility index (Phi) is 6.19. The molecular weight excluding hydrogens is 442 g/mol. The van der Waals surface area contributed by atoms with Crippen LogP contribution in [0.1, 0.15) is 12.8 Å². The normalized spacial score (nSPS) is 17.6. The molecule has 10 heteroatoms. The van der Waals surface area contributed by atoms with E-state index in [2.05, 4.69) is 10.3 Å². The van der Waals surface area contributed by atoms with Gasteiger partial charge in [0.2, 0.25) is 15.9 Å². The van der Waals surface area contributed by atoms with Gasteiger partial charge in [-0.05, 0) is 48.6 Å². The zero-order chi connectivity index (χ0) is 21.1. The van der Waals surface area contributed by atoms with E-state index in [0.29, 0.717) is 30.3 Å². The minimum absolute atomic E-state index is 0.156. The Morgan fingerprint density at radius 2 is 2.03 bits per heavy atom. The fourth-order valence-electron chi connectivity index (χ4n) is 3.35. The molecule has 1 aromatic carbocycles. The van der Waals surface area contributed by atoms with Gasteiger partial charge in [-0.3, -0.25) is 4.79 Å². The van der Waals surface area contributed by atoms with Crippen molar-refractivity contribution in [1.29, 1.82) is 0 Å². The van der Waals surface area contributed by atoms with Crippen molar-refractivity contribution in [3.63, 3.8) is 0 Å².